The minimum absolute atomic E-state index is 0.244. The Morgan fingerprint density at radius 2 is 1.72 bits per heavy atom. The van der Waals surface area contributed by atoms with Gasteiger partial charge in [0.25, 0.3) is 0 Å². The van der Waals surface area contributed by atoms with Crippen LogP contribution in [0.3, 0.4) is 0 Å². The van der Waals surface area contributed by atoms with Crippen molar-refractivity contribution < 1.29 is 23.2 Å². The summed E-state index contributed by atoms with van der Waals surface area (Å²) in [7, 11) is -0.948. The summed E-state index contributed by atoms with van der Waals surface area (Å²) in [6.45, 7) is 13.5. The zero-order chi connectivity index (χ0) is 19.3. The molecule has 1 atom stereocenters. The fourth-order valence-electron chi connectivity index (χ4n) is 2.44. The summed E-state index contributed by atoms with van der Waals surface area (Å²) in [5.74, 6) is 0.201. The number of halogens is 1. The first-order chi connectivity index (χ1) is 11.4. The molecule has 0 N–H and O–H groups in total. The van der Waals surface area contributed by atoms with Gasteiger partial charge in [-0.05, 0) is 65.9 Å². The van der Waals surface area contributed by atoms with Crippen LogP contribution in [0.2, 0.25) is 0 Å². The van der Waals surface area contributed by atoms with Crippen molar-refractivity contribution in [3.8, 4) is 0 Å². The second-order valence-corrected chi connectivity index (χ2v) is 7.88. The van der Waals surface area contributed by atoms with Crippen LogP contribution in [-0.2, 0) is 18.8 Å². The van der Waals surface area contributed by atoms with Crippen LogP contribution in [0.25, 0.3) is 0 Å². The maximum Gasteiger partial charge on any atom is 0.525 e. The molecule has 0 amide bonds. The van der Waals surface area contributed by atoms with Gasteiger partial charge in [0, 0.05) is 6.92 Å². The van der Waals surface area contributed by atoms with E-state index in [1.165, 1.54) is 13.0 Å². The molecule has 1 fully saturated rings. The van der Waals surface area contributed by atoms with Crippen LogP contribution in [0.1, 0.15) is 67.7 Å². The fourth-order valence-corrected chi connectivity index (χ4v) is 2.44. The van der Waals surface area contributed by atoms with Crippen LogP contribution in [0, 0.1) is 5.92 Å². The predicted octanol–water partition coefficient (Wildman–Crippen LogP) is 4.79. The van der Waals surface area contributed by atoms with E-state index in [4.69, 9.17) is 14.0 Å². The number of rotatable bonds is 8. The van der Waals surface area contributed by atoms with E-state index >= 15 is 0 Å². The van der Waals surface area contributed by atoms with Crippen LogP contribution >= 0.6 is 0 Å². The molecule has 6 heteroatoms. The Morgan fingerprint density at radius 1 is 1.16 bits per heavy atom. The molecule has 25 heavy (non-hydrogen) atoms. The Hall–Kier alpha value is -1.14. The lowest BCUT2D eigenvalue weighted by atomic mass is 9.86. The van der Waals surface area contributed by atoms with Gasteiger partial charge in [-0.2, -0.15) is 0 Å². The Morgan fingerprint density at radius 3 is 2.24 bits per heavy atom. The lowest BCUT2D eigenvalue weighted by molar-refractivity contribution is -0.141. The number of allylic oxidation sites excluding steroid dienone is 3. The molecule has 0 aliphatic carbocycles. The monoisotopic (exact) mass is 354 g/mol. The zero-order valence-electron chi connectivity index (χ0n) is 16.6. The normalized spacial score (nSPS) is 21.4. The van der Waals surface area contributed by atoms with Crippen LogP contribution in [0.4, 0.5) is 4.39 Å². The van der Waals surface area contributed by atoms with E-state index in [1.54, 1.807) is 0 Å². The minimum atomic E-state index is -0.948. The van der Waals surface area contributed by atoms with Crippen molar-refractivity contribution in [2.45, 2.75) is 78.9 Å². The summed E-state index contributed by atoms with van der Waals surface area (Å²) >= 11 is 0. The quantitative estimate of drug-likeness (QED) is 0.357. The number of ether oxygens (including phenoxy) is 1. The van der Waals surface area contributed by atoms with Gasteiger partial charge in [0.05, 0.1) is 17.8 Å². The summed E-state index contributed by atoms with van der Waals surface area (Å²) in [6, 6.07) is 0. The van der Waals surface area contributed by atoms with Gasteiger partial charge in [-0.3, -0.25) is 4.79 Å². The van der Waals surface area contributed by atoms with Gasteiger partial charge in [-0.25, -0.2) is 4.39 Å². The smallest absolute Gasteiger partial charge is 0.466 e. The maximum absolute atomic E-state index is 14.4. The molecule has 0 spiro atoms. The predicted molar refractivity (Wildman–Crippen MR) is 98.7 cm³/mol. The number of esters is 1. The van der Waals surface area contributed by atoms with E-state index in [1.807, 2.05) is 40.7 Å². The highest BCUT2D eigenvalue weighted by Gasteiger charge is 2.52. The van der Waals surface area contributed by atoms with Gasteiger partial charge < -0.3 is 14.0 Å². The Labute approximate surface area is 151 Å². The molecule has 0 aromatic heterocycles. The van der Waals surface area contributed by atoms with Crippen LogP contribution in [0.15, 0.2) is 23.5 Å². The number of carbonyl (C=O) groups is 1. The van der Waals surface area contributed by atoms with Crippen molar-refractivity contribution in [3.63, 3.8) is 0 Å². The SMILES string of the molecule is CC(=O)OCCC(C)CC/C=C(\C)C=C(F)B1OC(C)(C)C(C)(C)O1. The molecule has 0 aromatic carbocycles. The van der Waals surface area contributed by atoms with Crippen molar-refractivity contribution in [2.24, 2.45) is 5.92 Å². The van der Waals surface area contributed by atoms with E-state index in [9.17, 15) is 9.18 Å². The molecular formula is C19H32BFO4. The van der Waals surface area contributed by atoms with Gasteiger partial charge >= 0.3 is 13.1 Å². The molecule has 1 rings (SSSR count). The summed E-state index contributed by atoms with van der Waals surface area (Å²) < 4.78 is 30.7. The van der Waals surface area contributed by atoms with E-state index < -0.39 is 24.0 Å². The summed E-state index contributed by atoms with van der Waals surface area (Å²) in [6.07, 6.45) is 6.13. The van der Waals surface area contributed by atoms with Crippen molar-refractivity contribution in [3.05, 3.63) is 23.5 Å². The molecule has 4 nitrogen and oxygen atoms in total. The molecule has 0 bridgehead atoms. The molecule has 1 aliphatic heterocycles. The first-order valence-corrected chi connectivity index (χ1v) is 8.97. The molecular weight excluding hydrogens is 322 g/mol. The largest absolute Gasteiger partial charge is 0.525 e. The highest BCUT2D eigenvalue weighted by Crippen LogP contribution is 2.38. The summed E-state index contributed by atoms with van der Waals surface area (Å²) in [5, 5.41) is 0. The third kappa shape index (κ3) is 6.94. The highest BCUT2D eigenvalue weighted by atomic mass is 19.1. The van der Waals surface area contributed by atoms with Gasteiger partial charge in [0.15, 0.2) is 0 Å². The van der Waals surface area contributed by atoms with Crippen LogP contribution in [-0.4, -0.2) is 30.9 Å². The molecule has 1 aliphatic rings. The first kappa shape index (κ1) is 21.9. The lowest BCUT2D eigenvalue weighted by Gasteiger charge is -2.32. The van der Waals surface area contributed by atoms with E-state index in [-0.39, 0.29) is 5.97 Å². The summed E-state index contributed by atoms with van der Waals surface area (Å²) in [5.41, 5.74) is -0.648. The third-order valence-electron chi connectivity index (χ3n) is 4.89. The second kappa shape index (κ2) is 8.99. The first-order valence-electron chi connectivity index (χ1n) is 8.97. The van der Waals surface area contributed by atoms with Crippen LogP contribution in [0.5, 0.6) is 0 Å². The Kier molecular flexibility index (Phi) is 7.88. The molecule has 0 aromatic rings. The Balaban J connectivity index is 2.46. The topological polar surface area (TPSA) is 44.8 Å². The number of hydrogen-bond donors (Lipinski definition) is 0. The lowest BCUT2D eigenvalue weighted by Crippen LogP contribution is -2.41. The maximum atomic E-state index is 14.4. The molecule has 0 saturated carbocycles. The summed E-state index contributed by atoms with van der Waals surface area (Å²) in [4.78, 5) is 10.7. The molecule has 1 unspecified atom stereocenters. The average Bonchev–Trinajstić information content (AvgIpc) is 2.67. The van der Waals surface area contributed by atoms with Crippen molar-refractivity contribution >= 4 is 13.1 Å². The average molecular weight is 354 g/mol. The standard InChI is InChI=1S/C19H32BFO4/c1-14(11-12-23-16(3)22)9-8-10-15(2)13-17(21)20-24-18(4,5)19(6,7)25-20/h10,13-14H,8-9,11-12H2,1-7H3/b15-10+,17-13?. The minimum Gasteiger partial charge on any atom is -0.466 e. The van der Waals surface area contributed by atoms with Crippen molar-refractivity contribution in [1.29, 1.82) is 0 Å². The third-order valence-corrected chi connectivity index (χ3v) is 4.89. The fraction of sp³-hybridized carbons (Fsp3) is 0.737. The molecule has 0 radical (unpaired) electrons. The molecule has 142 valence electrons. The molecule has 1 heterocycles. The van der Waals surface area contributed by atoms with Gasteiger partial charge in [-0.1, -0.05) is 18.6 Å². The van der Waals surface area contributed by atoms with E-state index in [0.29, 0.717) is 12.5 Å². The molecule has 1 saturated heterocycles. The van der Waals surface area contributed by atoms with E-state index in [0.717, 1.165) is 24.8 Å². The van der Waals surface area contributed by atoms with Gasteiger partial charge in [-0.15, -0.1) is 0 Å². The second-order valence-electron chi connectivity index (χ2n) is 7.88. The van der Waals surface area contributed by atoms with Crippen molar-refractivity contribution in [2.75, 3.05) is 6.61 Å². The van der Waals surface area contributed by atoms with Gasteiger partial charge in [0.2, 0.25) is 0 Å². The van der Waals surface area contributed by atoms with E-state index in [2.05, 4.69) is 6.92 Å². The highest BCUT2D eigenvalue weighted by molar-refractivity contribution is 6.53. The number of hydrogen-bond acceptors (Lipinski definition) is 4. The zero-order valence-corrected chi connectivity index (χ0v) is 16.6. The van der Waals surface area contributed by atoms with Crippen molar-refractivity contribution in [1.82, 2.24) is 0 Å². The number of carbonyl (C=O) groups excluding carboxylic acids is 1. The Bertz CT molecular complexity index is 510. The van der Waals surface area contributed by atoms with Gasteiger partial charge in [0.1, 0.15) is 5.73 Å². The van der Waals surface area contributed by atoms with Crippen LogP contribution < -0.4 is 0 Å².